The van der Waals surface area contributed by atoms with Crippen molar-refractivity contribution in [2.45, 2.75) is 43.4 Å². The van der Waals surface area contributed by atoms with Gasteiger partial charge in [-0.25, -0.2) is 19.3 Å². The molecule has 220 valence electrons. The molecule has 1 aliphatic heterocycles. The fraction of sp³-hybridized carbons (Fsp3) is 0.216. The standard InChI is InChI=1S/C37H33FN4O2/c38-32-23-31(44-36(32)42-26-41-34-33(39-25-40-35(34)42)22-21-27-13-5-1-6-14-27)24-43-37(28-15-7-2-8-16-28,29-17-9-3-10-18-29)30-19-11-4-12-20-30/h1-20,25-26,31-32,36H,21-24H2/t31-,32?,36-/m1/s1. The zero-order chi connectivity index (χ0) is 29.8. The maximum absolute atomic E-state index is 15.7. The van der Waals surface area contributed by atoms with E-state index in [1.54, 1.807) is 10.9 Å². The number of benzene rings is 4. The first-order chi connectivity index (χ1) is 21.7. The Morgan fingerprint density at radius 1 is 0.727 bits per heavy atom. The predicted molar refractivity (Wildman–Crippen MR) is 168 cm³/mol. The average molecular weight is 585 g/mol. The van der Waals surface area contributed by atoms with E-state index in [1.165, 1.54) is 11.9 Å². The van der Waals surface area contributed by atoms with Gasteiger partial charge >= 0.3 is 0 Å². The number of halogens is 1. The molecule has 3 atom stereocenters. The van der Waals surface area contributed by atoms with E-state index in [-0.39, 0.29) is 13.0 Å². The molecule has 3 heterocycles. The Morgan fingerprint density at radius 2 is 1.30 bits per heavy atom. The van der Waals surface area contributed by atoms with Gasteiger partial charge in [-0.05, 0) is 35.1 Å². The molecular weight excluding hydrogens is 551 g/mol. The minimum atomic E-state index is -1.25. The first kappa shape index (κ1) is 28.1. The van der Waals surface area contributed by atoms with Gasteiger partial charge in [-0.2, -0.15) is 0 Å². The first-order valence-electron chi connectivity index (χ1n) is 15.0. The largest absolute Gasteiger partial charge is 0.358 e. The maximum atomic E-state index is 15.7. The molecule has 0 bridgehead atoms. The predicted octanol–water partition coefficient (Wildman–Crippen LogP) is 7.25. The molecule has 0 spiro atoms. The third-order valence-corrected chi connectivity index (χ3v) is 8.36. The van der Waals surface area contributed by atoms with Crippen LogP contribution in [-0.4, -0.2) is 38.4 Å². The van der Waals surface area contributed by atoms with E-state index in [1.807, 2.05) is 72.8 Å². The zero-order valence-electron chi connectivity index (χ0n) is 24.2. The van der Waals surface area contributed by atoms with Crippen molar-refractivity contribution < 1.29 is 13.9 Å². The number of hydrogen-bond donors (Lipinski definition) is 0. The Balaban J connectivity index is 1.15. The van der Waals surface area contributed by atoms with Gasteiger partial charge < -0.3 is 9.47 Å². The number of fused-ring (bicyclic) bond motifs is 1. The number of aryl methyl sites for hydroxylation is 2. The van der Waals surface area contributed by atoms with Crippen molar-refractivity contribution >= 4 is 11.2 Å². The van der Waals surface area contributed by atoms with Crippen LogP contribution in [0.25, 0.3) is 11.2 Å². The minimum absolute atomic E-state index is 0.194. The lowest BCUT2D eigenvalue weighted by molar-refractivity contribution is -0.0804. The molecular formula is C37H33FN4O2. The molecule has 7 rings (SSSR count). The molecule has 0 radical (unpaired) electrons. The Hall–Kier alpha value is -4.72. The highest BCUT2D eigenvalue weighted by Gasteiger charge is 2.42. The summed E-state index contributed by atoms with van der Waals surface area (Å²) >= 11 is 0. The average Bonchev–Trinajstić information content (AvgIpc) is 3.69. The van der Waals surface area contributed by atoms with Gasteiger partial charge in [0.15, 0.2) is 11.9 Å². The number of nitrogens with zero attached hydrogens (tertiary/aromatic N) is 4. The van der Waals surface area contributed by atoms with E-state index in [9.17, 15) is 0 Å². The van der Waals surface area contributed by atoms with Crippen LogP contribution in [0.3, 0.4) is 0 Å². The molecule has 2 aromatic heterocycles. The molecule has 6 nitrogen and oxygen atoms in total. The van der Waals surface area contributed by atoms with Crippen LogP contribution in [0, 0.1) is 0 Å². The monoisotopic (exact) mass is 584 g/mol. The van der Waals surface area contributed by atoms with Gasteiger partial charge in [0, 0.05) is 6.42 Å². The number of ether oxygens (including phenoxy) is 2. The van der Waals surface area contributed by atoms with E-state index in [4.69, 9.17) is 9.47 Å². The lowest BCUT2D eigenvalue weighted by Gasteiger charge is -2.36. The quantitative estimate of drug-likeness (QED) is 0.159. The zero-order valence-corrected chi connectivity index (χ0v) is 24.2. The number of rotatable bonds is 10. The molecule has 4 aromatic carbocycles. The van der Waals surface area contributed by atoms with Gasteiger partial charge in [-0.3, -0.25) is 4.57 Å². The molecule has 1 saturated heterocycles. The van der Waals surface area contributed by atoms with Gasteiger partial charge in [0.05, 0.1) is 24.7 Å². The van der Waals surface area contributed by atoms with Crippen molar-refractivity contribution in [1.29, 1.82) is 0 Å². The van der Waals surface area contributed by atoms with Gasteiger partial charge in [0.2, 0.25) is 0 Å². The number of alkyl halides is 1. The van der Waals surface area contributed by atoms with E-state index in [0.717, 1.165) is 28.8 Å². The second-order valence-corrected chi connectivity index (χ2v) is 11.1. The van der Waals surface area contributed by atoms with E-state index >= 15 is 4.39 Å². The van der Waals surface area contributed by atoms with E-state index < -0.39 is 24.1 Å². The smallest absolute Gasteiger partial charge is 0.168 e. The van der Waals surface area contributed by atoms with Gasteiger partial charge in [0.1, 0.15) is 23.6 Å². The summed E-state index contributed by atoms with van der Waals surface area (Å²) < 4.78 is 30.7. The van der Waals surface area contributed by atoms with Crippen LogP contribution in [0.15, 0.2) is 134 Å². The van der Waals surface area contributed by atoms with Crippen molar-refractivity contribution in [3.05, 3.63) is 162 Å². The van der Waals surface area contributed by atoms with Crippen molar-refractivity contribution in [2.75, 3.05) is 6.61 Å². The summed E-state index contributed by atoms with van der Waals surface area (Å²) in [6.45, 7) is 0.194. The van der Waals surface area contributed by atoms with Gasteiger partial charge in [-0.1, -0.05) is 121 Å². The lowest BCUT2D eigenvalue weighted by Crippen LogP contribution is -2.35. The summed E-state index contributed by atoms with van der Waals surface area (Å²) in [5, 5.41) is 0. The molecule has 0 amide bonds. The van der Waals surface area contributed by atoms with Gasteiger partial charge in [-0.15, -0.1) is 0 Å². The normalized spacial score (nSPS) is 18.5. The van der Waals surface area contributed by atoms with E-state index in [0.29, 0.717) is 17.6 Å². The third kappa shape index (κ3) is 5.41. The Bertz CT molecular complexity index is 1700. The number of aromatic nitrogens is 4. The molecule has 0 saturated carbocycles. The lowest BCUT2D eigenvalue weighted by atomic mass is 9.80. The summed E-state index contributed by atoms with van der Waals surface area (Å²) in [5.74, 6) is 0. The molecule has 6 aromatic rings. The summed E-state index contributed by atoms with van der Waals surface area (Å²) in [4.78, 5) is 13.6. The second kappa shape index (κ2) is 12.5. The SMILES string of the molecule is FC1C[C@H](COC(c2ccccc2)(c2ccccc2)c2ccccc2)O[C@H]1n1cnc2c(CCc3ccccc3)ncnc21. The van der Waals surface area contributed by atoms with E-state index in [2.05, 4.69) is 63.5 Å². The Morgan fingerprint density at radius 3 is 1.89 bits per heavy atom. The van der Waals surface area contributed by atoms with Crippen molar-refractivity contribution in [3.8, 4) is 0 Å². The topological polar surface area (TPSA) is 62.1 Å². The van der Waals surface area contributed by atoms with Crippen molar-refractivity contribution in [2.24, 2.45) is 0 Å². The molecule has 1 aliphatic rings. The van der Waals surface area contributed by atoms with Crippen LogP contribution < -0.4 is 0 Å². The fourth-order valence-corrected chi connectivity index (χ4v) is 6.22. The minimum Gasteiger partial charge on any atom is -0.358 e. The highest BCUT2D eigenvalue weighted by atomic mass is 19.1. The van der Waals surface area contributed by atoms with Crippen LogP contribution in [0.2, 0.25) is 0 Å². The number of imidazole rings is 1. The molecule has 7 heteroatoms. The Kier molecular flexibility index (Phi) is 7.97. The Labute approximate surface area is 256 Å². The highest BCUT2D eigenvalue weighted by molar-refractivity contribution is 5.73. The first-order valence-corrected chi connectivity index (χ1v) is 15.0. The van der Waals surface area contributed by atoms with Gasteiger partial charge in [0.25, 0.3) is 0 Å². The maximum Gasteiger partial charge on any atom is 0.168 e. The fourth-order valence-electron chi connectivity index (χ4n) is 6.22. The molecule has 44 heavy (non-hydrogen) atoms. The molecule has 0 aliphatic carbocycles. The van der Waals surface area contributed by atoms with Crippen LogP contribution >= 0.6 is 0 Å². The summed E-state index contributed by atoms with van der Waals surface area (Å²) in [7, 11) is 0. The van der Waals surface area contributed by atoms with Crippen LogP contribution in [-0.2, 0) is 27.9 Å². The van der Waals surface area contributed by atoms with Crippen molar-refractivity contribution in [1.82, 2.24) is 19.5 Å². The van der Waals surface area contributed by atoms with Crippen LogP contribution in [0.4, 0.5) is 4.39 Å². The highest BCUT2D eigenvalue weighted by Crippen LogP contribution is 2.42. The molecule has 1 unspecified atom stereocenters. The summed E-state index contributed by atoms with van der Waals surface area (Å²) in [5.41, 5.74) is 5.38. The summed E-state index contributed by atoms with van der Waals surface area (Å²) in [6.07, 6.45) is 2.31. The number of hydrogen-bond acceptors (Lipinski definition) is 5. The van der Waals surface area contributed by atoms with Crippen LogP contribution in [0.1, 0.15) is 40.6 Å². The van der Waals surface area contributed by atoms with Crippen LogP contribution in [0.5, 0.6) is 0 Å². The summed E-state index contributed by atoms with van der Waals surface area (Å²) in [6, 6.07) is 40.8. The third-order valence-electron chi connectivity index (χ3n) is 8.36. The molecule has 0 N–H and O–H groups in total. The second-order valence-electron chi connectivity index (χ2n) is 11.1. The van der Waals surface area contributed by atoms with Crippen molar-refractivity contribution in [3.63, 3.8) is 0 Å². The molecule has 1 fully saturated rings.